The van der Waals surface area contributed by atoms with Crippen LogP contribution < -0.4 is 0 Å². The molecule has 22 heavy (non-hydrogen) atoms. The Kier molecular flexibility index (Phi) is 15.4. The third-order valence-corrected chi connectivity index (χ3v) is 3.56. The normalized spacial score (nSPS) is 13.2. The molecule has 4 heteroatoms. The Hall–Kier alpha value is -1.13. The molecule has 4 nitrogen and oxygen atoms in total. The third kappa shape index (κ3) is 15.3. The molecule has 0 aromatic heterocycles. The monoisotopic (exact) mass is 312 g/mol. The van der Waals surface area contributed by atoms with Gasteiger partial charge in [-0.3, -0.25) is 10.1 Å². The predicted molar refractivity (Wildman–Crippen MR) is 89.9 cm³/mol. The number of rotatable bonds is 15. The highest BCUT2D eigenvalue weighted by Crippen LogP contribution is 2.09. The molecule has 0 heterocycles. The van der Waals surface area contributed by atoms with Crippen LogP contribution >= 0.6 is 0 Å². The van der Waals surface area contributed by atoms with Crippen molar-refractivity contribution in [1.29, 1.82) is 0 Å². The molecule has 0 saturated heterocycles. The summed E-state index contributed by atoms with van der Waals surface area (Å²) in [6, 6.07) is 0. The van der Waals surface area contributed by atoms with Crippen LogP contribution in [0.3, 0.4) is 0 Å². The average molecular weight is 312 g/mol. The van der Waals surface area contributed by atoms with Crippen LogP contribution in [0.5, 0.6) is 0 Å². The predicted octanol–water partition coefficient (Wildman–Crippen LogP) is 5.35. The van der Waals surface area contributed by atoms with Crippen LogP contribution in [-0.2, 0) is 9.68 Å². The van der Waals surface area contributed by atoms with Gasteiger partial charge in [-0.05, 0) is 25.7 Å². The number of hydrogen-bond acceptors (Lipinski definition) is 3. The zero-order chi connectivity index (χ0) is 16.5. The van der Waals surface area contributed by atoms with Crippen LogP contribution in [-0.4, -0.2) is 22.4 Å². The van der Waals surface area contributed by atoms with Crippen LogP contribution in [0.2, 0.25) is 0 Å². The molecule has 1 atom stereocenters. The topological polar surface area (TPSA) is 66.8 Å². The minimum absolute atomic E-state index is 0.203. The van der Waals surface area contributed by atoms with Gasteiger partial charge in [-0.25, -0.2) is 4.89 Å². The fourth-order valence-corrected chi connectivity index (χ4v) is 2.21. The van der Waals surface area contributed by atoms with Gasteiger partial charge >= 0.3 is 5.97 Å². The van der Waals surface area contributed by atoms with Gasteiger partial charge in [0.05, 0.1) is 0 Å². The molecule has 0 bridgehead atoms. The third-order valence-electron chi connectivity index (χ3n) is 3.56. The highest BCUT2D eigenvalue weighted by molar-refractivity contribution is 5.66. The van der Waals surface area contributed by atoms with Gasteiger partial charge in [0.1, 0.15) is 6.10 Å². The summed E-state index contributed by atoms with van der Waals surface area (Å²) in [4.78, 5) is 14.8. The van der Waals surface area contributed by atoms with Crippen molar-refractivity contribution in [3.63, 3.8) is 0 Å². The van der Waals surface area contributed by atoms with Gasteiger partial charge in [0.2, 0.25) is 0 Å². The summed E-state index contributed by atoms with van der Waals surface area (Å²) in [6.07, 6.45) is 18.5. The van der Waals surface area contributed by atoms with E-state index in [-0.39, 0.29) is 12.5 Å². The molecule has 0 aliphatic heterocycles. The Balaban J connectivity index is 3.51. The molecular weight excluding hydrogens is 280 g/mol. The number of carboxylic acid groups (broad SMARTS) is 1. The molecule has 0 aromatic carbocycles. The number of carbonyl (C=O) groups is 1. The first-order valence-corrected chi connectivity index (χ1v) is 8.56. The molecule has 0 aliphatic rings. The fraction of sp³-hybridized carbons (Fsp3) is 0.722. The minimum Gasteiger partial charge on any atom is -0.481 e. The molecule has 0 amide bonds. The van der Waals surface area contributed by atoms with E-state index in [1.54, 1.807) is 0 Å². The van der Waals surface area contributed by atoms with Crippen LogP contribution in [0.25, 0.3) is 0 Å². The zero-order valence-electron chi connectivity index (χ0n) is 13.9. The van der Waals surface area contributed by atoms with Crippen molar-refractivity contribution in [3.8, 4) is 0 Å². The zero-order valence-corrected chi connectivity index (χ0v) is 13.9. The highest BCUT2D eigenvalue weighted by Gasteiger charge is 2.02. The van der Waals surface area contributed by atoms with Crippen molar-refractivity contribution in [2.24, 2.45) is 0 Å². The van der Waals surface area contributed by atoms with Crippen molar-refractivity contribution < 1.29 is 20.0 Å². The summed E-state index contributed by atoms with van der Waals surface area (Å²) in [6.45, 7) is 2.15. The Morgan fingerprint density at radius 3 is 2.45 bits per heavy atom. The molecule has 0 radical (unpaired) electrons. The highest BCUT2D eigenvalue weighted by atomic mass is 17.1. The average Bonchev–Trinajstić information content (AvgIpc) is 2.50. The number of hydrogen-bond donors (Lipinski definition) is 2. The Morgan fingerprint density at radius 2 is 1.77 bits per heavy atom. The summed E-state index contributed by atoms with van der Waals surface area (Å²) in [7, 11) is 0. The smallest absolute Gasteiger partial charge is 0.303 e. The van der Waals surface area contributed by atoms with Gasteiger partial charge < -0.3 is 5.11 Å². The molecule has 128 valence electrons. The van der Waals surface area contributed by atoms with Crippen LogP contribution in [0.15, 0.2) is 24.3 Å². The lowest BCUT2D eigenvalue weighted by Gasteiger charge is -2.07. The summed E-state index contributed by atoms with van der Waals surface area (Å²) in [5.41, 5.74) is 0. The van der Waals surface area contributed by atoms with E-state index in [4.69, 9.17) is 10.4 Å². The maximum absolute atomic E-state index is 10.3. The first kappa shape index (κ1) is 20.9. The lowest BCUT2D eigenvalue weighted by atomic mass is 10.1. The number of allylic oxidation sites excluding steroid dienone is 3. The van der Waals surface area contributed by atoms with Gasteiger partial charge in [0.15, 0.2) is 0 Å². The van der Waals surface area contributed by atoms with E-state index in [0.29, 0.717) is 0 Å². The SMILES string of the molecule is CCCCCC(/C=C\C=C/CCCCCCCC(=O)O)OO. The molecule has 0 rings (SSSR count). The molecule has 2 N–H and O–H groups in total. The number of carboxylic acids is 1. The molecule has 0 spiro atoms. The van der Waals surface area contributed by atoms with Crippen LogP contribution in [0.1, 0.15) is 77.6 Å². The van der Waals surface area contributed by atoms with Crippen molar-refractivity contribution in [2.45, 2.75) is 83.7 Å². The molecule has 0 fully saturated rings. The fourth-order valence-electron chi connectivity index (χ4n) is 2.21. The minimum atomic E-state index is -0.699. The second-order valence-electron chi connectivity index (χ2n) is 5.65. The second-order valence-corrected chi connectivity index (χ2v) is 5.65. The quantitative estimate of drug-likeness (QED) is 0.185. The second kappa shape index (κ2) is 16.2. The Labute approximate surface area is 134 Å². The number of aliphatic carboxylic acids is 1. The standard InChI is InChI=1S/C18H32O4/c1-2-3-11-14-17(22-21)15-12-9-7-5-4-6-8-10-13-16-18(19)20/h7,9,12,15,17,21H,2-6,8,10-11,13-14,16H2,1H3,(H,19,20)/b9-7-,15-12-. The van der Waals surface area contributed by atoms with E-state index in [2.05, 4.69) is 17.9 Å². The van der Waals surface area contributed by atoms with Crippen molar-refractivity contribution >= 4 is 5.97 Å². The van der Waals surface area contributed by atoms with Gasteiger partial charge in [-0.2, -0.15) is 0 Å². The van der Waals surface area contributed by atoms with Gasteiger partial charge in [0.25, 0.3) is 0 Å². The molecule has 0 saturated carbocycles. The van der Waals surface area contributed by atoms with E-state index in [1.807, 2.05) is 18.2 Å². The lowest BCUT2D eigenvalue weighted by molar-refractivity contribution is -0.267. The lowest BCUT2D eigenvalue weighted by Crippen LogP contribution is -2.06. The number of unbranched alkanes of at least 4 members (excludes halogenated alkanes) is 7. The Morgan fingerprint density at radius 1 is 1.05 bits per heavy atom. The van der Waals surface area contributed by atoms with Gasteiger partial charge in [-0.1, -0.05) is 69.8 Å². The van der Waals surface area contributed by atoms with E-state index >= 15 is 0 Å². The van der Waals surface area contributed by atoms with Crippen LogP contribution in [0.4, 0.5) is 0 Å². The first-order chi connectivity index (χ1) is 10.7. The maximum atomic E-state index is 10.3. The van der Waals surface area contributed by atoms with E-state index in [1.165, 1.54) is 0 Å². The summed E-state index contributed by atoms with van der Waals surface area (Å²) in [5.74, 6) is -0.699. The maximum Gasteiger partial charge on any atom is 0.303 e. The molecule has 0 aromatic rings. The van der Waals surface area contributed by atoms with Crippen molar-refractivity contribution in [1.82, 2.24) is 0 Å². The molecular formula is C18H32O4. The Bertz CT molecular complexity index is 310. The summed E-state index contributed by atoms with van der Waals surface area (Å²) < 4.78 is 0. The van der Waals surface area contributed by atoms with E-state index in [9.17, 15) is 4.79 Å². The molecule has 1 unspecified atom stereocenters. The summed E-state index contributed by atoms with van der Waals surface area (Å²) >= 11 is 0. The van der Waals surface area contributed by atoms with Crippen molar-refractivity contribution in [2.75, 3.05) is 0 Å². The largest absolute Gasteiger partial charge is 0.481 e. The summed E-state index contributed by atoms with van der Waals surface area (Å²) in [5, 5.41) is 17.3. The van der Waals surface area contributed by atoms with Gasteiger partial charge in [0, 0.05) is 6.42 Å². The van der Waals surface area contributed by atoms with E-state index < -0.39 is 5.97 Å². The first-order valence-electron chi connectivity index (χ1n) is 8.56. The molecule has 0 aliphatic carbocycles. The van der Waals surface area contributed by atoms with E-state index in [0.717, 1.165) is 64.2 Å². The van der Waals surface area contributed by atoms with Crippen molar-refractivity contribution in [3.05, 3.63) is 24.3 Å². The van der Waals surface area contributed by atoms with Gasteiger partial charge in [-0.15, -0.1) is 0 Å². The van der Waals surface area contributed by atoms with Crippen LogP contribution in [0, 0.1) is 0 Å².